The van der Waals surface area contributed by atoms with Gasteiger partial charge < -0.3 is 10.1 Å². The van der Waals surface area contributed by atoms with Crippen molar-refractivity contribution in [1.29, 1.82) is 0 Å². The second-order valence-corrected chi connectivity index (χ2v) is 4.32. The molecule has 1 fully saturated rings. The average Bonchev–Trinajstić information content (AvgIpc) is 2.83. The topological polar surface area (TPSA) is 78.9 Å². The number of fused-ring (bicyclic) bond motifs is 1. The van der Waals surface area contributed by atoms with Crippen LogP contribution in [0.3, 0.4) is 0 Å². The van der Waals surface area contributed by atoms with Gasteiger partial charge in [0.05, 0.1) is 11.9 Å². The van der Waals surface area contributed by atoms with E-state index in [0.717, 1.165) is 12.1 Å². The molecule has 1 aliphatic carbocycles. The highest BCUT2D eigenvalue weighted by molar-refractivity contribution is 6.00. The van der Waals surface area contributed by atoms with Crippen LogP contribution in [-0.2, 0) is 0 Å². The molecule has 1 aliphatic rings. The first-order chi connectivity index (χ1) is 7.66. The van der Waals surface area contributed by atoms with Crippen LogP contribution >= 0.6 is 0 Å². The first-order valence-corrected chi connectivity index (χ1v) is 5.24. The molecular weight excluding hydrogens is 206 g/mol. The van der Waals surface area contributed by atoms with Crippen LogP contribution in [-0.4, -0.2) is 26.0 Å². The third kappa shape index (κ3) is 1.28. The molecule has 2 N–H and O–H groups in total. The van der Waals surface area contributed by atoms with Crippen LogP contribution in [0.1, 0.15) is 35.3 Å². The normalized spacial score (nSPS) is 23.6. The van der Waals surface area contributed by atoms with Gasteiger partial charge in [-0.25, -0.2) is 14.8 Å². The van der Waals surface area contributed by atoms with Gasteiger partial charge in [-0.1, -0.05) is 6.92 Å². The maximum absolute atomic E-state index is 10.9. The quantitative estimate of drug-likeness (QED) is 0.803. The van der Waals surface area contributed by atoms with Crippen LogP contribution in [0.4, 0.5) is 0 Å². The molecule has 5 nitrogen and oxygen atoms in total. The fourth-order valence-corrected chi connectivity index (χ4v) is 1.98. The number of carboxylic acid groups (broad SMARTS) is 1. The number of aromatic amines is 1. The largest absolute Gasteiger partial charge is 0.478 e. The second-order valence-electron chi connectivity index (χ2n) is 4.32. The molecule has 82 valence electrons. The van der Waals surface area contributed by atoms with Gasteiger partial charge in [0.2, 0.25) is 0 Å². The number of aromatic carboxylic acids is 1. The molecule has 0 spiro atoms. The first-order valence-electron chi connectivity index (χ1n) is 5.24. The number of rotatable bonds is 2. The predicted octanol–water partition coefficient (Wildman–Crippen LogP) is 1.78. The zero-order valence-corrected chi connectivity index (χ0v) is 8.77. The molecular formula is C11H11N3O2. The summed E-state index contributed by atoms with van der Waals surface area (Å²) in [4.78, 5) is 22.4. The van der Waals surface area contributed by atoms with Crippen molar-refractivity contribution in [3.63, 3.8) is 0 Å². The lowest BCUT2D eigenvalue weighted by atomic mass is 10.2. The molecule has 0 radical (unpaired) electrons. The van der Waals surface area contributed by atoms with Crippen LogP contribution in [0.5, 0.6) is 0 Å². The lowest BCUT2D eigenvalue weighted by Gasteiger charge is -1.98. The molecule has 0 bridgehead atoms. The van der Waals surface area contributed by atoms with Crippen LogP contribution in [0, 0.1) is 5.92 Å². The Kier molecular flexibility index (Phi) is 1.77. The van der Waals surface area contributed by atoms with Crippen molar-refractivity contribution in [3.8, 4) is 0 Å². The van der Waals surface area contributed by atoms with Crippen molar-refractivity contribution >= 4 is 17.1 Å². The molecule has 3 rings (SSSR count). The number of carbonyl (C=O) groups is 1. The summed E-state index contributed by atoms with van der Waals surface area (Å²) in [5.41, 5.74) is 2.10. The Morgan fingerprint density at radius 3 is 3.00 bits per heavy atom. The molecule has 2 aromatic rings. The third-order valence-electron chi connectivity index (χ3n) is 3.12. The predicted molar refractivity (Wildman–Crippen MR) is 57.4 cm³/mol. The zero-order valence-electron chi connectivity index (χ0n) is 8.77. The molecule has 1 saturated carbocycles. The van der Waals surface area contributed by atoms with E-state index in [9.17, 15) is 4.79 Å². The van der Waals surface area contributed by atoms with Gasteiger partial charge in [-0.3, -0.25) is 0 Å². The Labute approximate surface area is 91.5 Å². The summed E-state index contributed by atoms with van der Waals surface area (Å²) in [6.45, 7) is 2.16. The molecule has 2 heterocycles. The van der Waals surface area contributed by atoms with Gasteiger partial charge >= 0.3 is 5.97 Å². The Bertz CT molecular complexity index is 576. The highest BCUT2D eigenvalue weighted by Gasteiger charge is 2.35. The minimum atomic E-state index is -0.971. The van der Waals surface area contributed by atoms with Crippen molar-refractivity contribution < 1.29 is 9.90 Å². The molecule has 0 aromatic carbocycles. The Hall–Kier alpha value is -1.91. The summed E-state index contributed by atoms with van der Waals surface area (Å²) in [5, 5.41) is 8.98. The van der Waals surface area contributed by atoms with E-state index in [1.54, 1.807) is 6.20 Å². The van der Waals surface area contributed by atoms with E-state index in [-0.39, 0.29) is 5.56 Å². The van der Waals surface area contributed by atoms with Crippen molar-refractivity contribution in [1.82, 2.24) is 15.0 Å². The van der Waals surface area contributed by atoms with E-state index in [1.807, 2.05) is 0 Å². The van der Waals surface area contributed by atoms with Gasteiger partial charge in [0.15, 0.2) is 5.65 Å². The van der Waals surface area contributed by atoms with Gasteiger partial charge in [0, 0.05) is 12.1 Å². The lowest BCUT2D eigenvalue weighted by Crippen LogP contribution is -1.97. The number of nitrogens with one attached hydrogen (secondary N) is 1. The number of hydrogen-bond donors (Lipinski definition) is 2. The van der Waals surface area contributed by atoms with Gasteiger partial charge in [0.25, 0.3) is 0 Å². The number of nitrogens with zero attached hydrogens (tertiary/aromatic N) is 2. The second kappa shape index (κ2) is 3.04. The summed E-state index contributed by atoms with van der Waals surface area (Å²) in [7, 11) is 0. The number of hydrogen-bond acceptors (Lipinski definition) is 3. The summed E-state index contributed by atoms with van der Waals surface area (Å²) in [5.74, 6) is 0.119. The first kappa shape index (κ1) is 9.33. The summed E-state index contributed by atoms with van der Waals surface area (Å²) < 4.78 is 0. The Morgan fingerprint density at radius 2 is 2.38 bits per heavy atom. The highest BCUT2D eigenvalue weighted by atomic mass is 16.4. The maximum atomic E-state index is 10.9. The summed E-state index contributed by atoms with van der Waals surface area (Å²) in [6.07, 6.45) is 4.29. The molecule has 16 heavy (non-hydrogen) atoms. The van der Waals surface area contributed by atoms with Gasteiger partial charge in [-0.15, -0.1) is 0 Å². The smallest absolute Gasteiger partial charge is 0.339 e. The molecule has 0 amide bonds. The SMILES string of the molecule is C[C@@H]1C[C@H]1c1cnc2[nH]cc(C(=O)O)c2n1. The molecule has 0 unspecified atom stereocenters. The van der Waals surface area contributed by atoms with Crippen molar-refractivity contribution in [3.05, 3.63) is 23.7 Å². The van der Waals surface area contributed by atoms with Crippen molar-refractivity contribution in [2.45, 2.75) is 19.3 Å². The molecule has 0 saturated heterocycles. The zero-order chi connectivity index (χ0) is 11.3. The van der Waals surface area contributed by atoms with E-state index >= 15 is 0 Å². The van der Waals surface area contributed by atoms with E-state index in [2.05, 4.69) is 21.9 Å². The van der Waals surface area contributed by atoms with Gasteiger partial charge in [0.1, 0.15) is 11.1 Å². The lowest BCUT2D eigenvalue weighted by molar-refractivity contribution is 0.0699. The summed E-state index contributed by atoms with van der Waals surface area (Å²) in [6, 6.07) is 0. The number of H-pyrrole nitrogens is 1. The maximum Gasteiger partial charge on any atom is 0.339 e. The monoisotopic (exact) mass is 217 g/mol. The fourth-order valence-electron chi connectivity index (χ4n) is 1.98. The summed E-state index contributed by atoms with van der Waals surface area (Å²) >= 11 is 0. The number of aromatic nitrogens is 3. The molecule has 2 aromatic heterocycles. The minimum absolute atomic E-state index is 0.192. The number of carboxylic acids is 1. The van der Waals surface area contributed by atoms with E-state index in [4.69, 9.17) is 5.11 Å². The molecule has 2 atom stereocenters. The van der Waals surface area contributed by atoms with Crippen LogP contribution in [0.2, 0.25) is 0 Å². The van der Waals surface area contributed by atoms with Crippen molar-refractivity contribution in [2.75, 3.05) is 0 Å². The minimum Gasteiger partial charge on any atom is -0.478 e. The van der Waals surface area contributed by atoms with Gasteiger partial charge in [-0.05, 0) is 12.3 Å². The Balaban J connectivity index is 2.14. The molecule has 5 heteroatoms. The van der Waals surface area contributed by atoms with Crippen molar-refractivity contribution in [2.24, 2.45) is 5.92 Å². The highest BCUT2D eigenvalue weighted by Crippen LogP contribution is 2.46. The Morgan fingerprint density at radius 1 is 1.62 bits per heavy atom. The average molecular weight is 217 g/mol. The van der Waals surface area contributed by atoms with Crippen LogP contribution in [0.15, 0.2) is 12.4 Å². The van der Waals surface area contributed by atoms with E-state index in [0.29, 0.717) is 23.0 Å². The van der Waals surface area contributed by atoms with Crippen LogP contribution in [0.25, 0.3) is 11.2 Å². The standard InChI is InChI=1S/C11H11N3O2/c1-5-2-6(5)8-4-13-10-9(14-8)7(3-12-10)11(15)16/h3-6H,2H2,1H3,(H,12,13)(H,15,16)/t5-,6-/m1/s1. The third-order valence-corrected chi connectivity index (χ3v) is 3.12. The molecule has 0 aliphatic heterocycles. The van der Waals surface area contributed by atoms with Crippen LogP contribution < -0.4 is 0 Å². The van der Waals surface area contributed by atoms with E-state index < -0.39 is 5.97 Å². The van der Waals surface area contributed by atoms with E-state index in [1.165, 1.54) is 6.20 Å². The van der Waals surface area contributed by atoms with Gasteiger partial charge in [-0.2, -0.15) is 0 Å². The fraction of sp³-hybridized carbons (Fsp3) is 0.364.